The first-order valence-corrected chi connectivity index (χ1v) is 8.95. The predicted octanol–water partition coefficient (Wildman–Crippen LogP) is 4.17. The van der Waals surface area contributed by atoms with Crippen LogP contribution in [0.25, 0.3) is 0 Å². The van der Waals surface area contributed by atoms with Crippen LogP contribution in [0.2, 0.25) is 0 Å². The Morgan fingerprint density at radius 2 is 2.00 bits per heavy atom. The molecular weight excluding hydrogens is 282 g/mol. The van der Waals surface area contributed by atoms with E-state index in [0.29, 0.717) is 6.61 Å². The minimum absolute atomic E-state index is 0.0159. The van der Waals surface area contributed by atoms with Gasteiger partial charge in [0.2, 0.25) is 0 Å². The second kappa shape index (κ2) is 6.97. The Morgan fingerprint density at radius 1 is 1.24 bits per heavy atom. The number of fused-ring (bicyclic) bond motifs is 1. The number of nitrogens with zero attached hydrogens (tertiary/aromatic N) is 2. The summed E-state index contributed by atoms with van der Waals surface area (Å²) in [4.78, 5) is 9.62. The molecule has 5 heteroatoms. The highest BCUT2D eigenvalue weighted by atomic mass is 32.2. The topological polar surface area (TPSA) is 47.0 Å². The summed E-state index contributed by atoms with van der Waals surface area (Å²) in [6, 6.07) is 0. The van der Waals surface area contributed by atoms with Crippen molar-refractivity contribution in [2.45, 2.75) is 58.6 Å². The Morgan fingerprint density at radius 3 is 2.62 bits per heavy atom. The molecule has 2 heterocycles. The molecule has 1 aliphatic heterocycles. The fourth-order valence-electron chi connectivity index (χ4n) is 2.46. The van der Waals surface area contributed by atoms with Gasteiger partial charge in [0, 0.05) is 30.2 Å². The number of rotatable bonds is 6. The molecule has 0 fully saturated rings. The lowest BCUT2D eigenvalue weighted by molar-refractivity contribution is -0.0191. The largest absolute Gasteiger partial charge is 0.370 e. The van der Waals surface area contributed by atoms with E-state index in [1.807, 2.05) is 18.7 Å². The molecule has 1 atom stereocenters. The summed E-state index contributed by atoms with van der Waals surface area (Å²) in [7, 11) is 0. The van der Waals surface area contributed by atoms with Gasteiger partial charge in [-0.15, -0.1) is 0 Å². The van der Waals surface area contributed by atoms with E-state index >= 15 is 0 Å². The van der Waals surface area contributed by atoms with Gasteiger partial charge in [0.1, 0.15) is 11.9 Å². The zero-order valence-corrected chi connectivity index (χ0v) is 14.6. The number of nitrogens with one attached hydrogen (secondary N) is 1. The van der Waals surface area contributed by atoms with Crippen molar-refractivity contribution in [3.63, 3.8) is 0 Å². The van der Waals surface area contributed by atoms with Crippen molar-refractivity contribution in [1.29, 1.82) is 0 Å². The zero-order chi connectivity index (χ0) is 15.5. The molecule has 1 N–H and O–H groups in total. The van der Waals surface area contributed by atoms with Gasteiger partial charge in [0.15, 0.2) is 5.82 Å². The number of aromatic nitrogens is 2. The van der Waals surface area contributed by atoms with Gasteiger partial charge >= 0.3 is 0 Å². The Bertz CT molecular complexity index is 485. The van der Waals surface area contributed by atoms with Crippen molar-refractivity contribution in [3.8, 4) is 0 Å². The van der Waals surface area contributed by atoms with Crippen LogP contribution in [0, 0.1) is 5.41 Å². The van der Waals surface area contributed by atoms with E-state index in [-0.39, 0.29) is 11.5 Å². The predicted molar refractivity (Wildman–Crippen MR) is 89.6 cm³/mol. The summed E-state index contributed by atoms with van der Waals surface area (Å²) >= 11 is 1.91. The molecule has 0 amide bonds. The van der Waals surface area contributed by atoms with E-state index in [1.165, 1.54) is 11.3 Å². The molecule has 1 aromatic heterocycles. The summed E-state index contributed by atoms with van der Waals surface area (Å²) in [6.07, 6.45) is 1.02. The third kappa shape index (κ3) is 3.89. The third-order valence-corrected chi connectivity index (χ3v) is 4.46. The molecule has 0 saturated heterocycles. The number of ether oxygens (including phenoxy) is 1. The van der Waals surface area contributed by atoms with E-state index in [2.05, 4.69) is 33.0 Å². The molecule has 0 saturated carbocycles. The van der Waals surface area contributed by atoms with Crippen LogP contribution >= 0.6 is 11.8 Å². The smallest absolute Gasteiger partial charge is 0.160 e. The standard InChI is InChI=1S/C16H27N3OS/c1-6-8-17-14-11-9-21-10-12(11)18-15(19-14)13(20-7-2)16(3,4)5/h13H,6-10H2,1-5H3,(H,17,18,19). The maximum absolute atomic E-state index is 5.95. The van der Waals surface area contributed by atoms with Gasteiger partial charge in [0.05, 0.1) is 5.69 Å². The highest BCUT2D eigenvalue weighted by Crippen LogP contribution is 2.38. The van der Waals surface area contributed by atoms with Crippen LogP contribution in [0.1, 0.15) is 64.2 Å². The minimum atomic E-state index is -0.0689. The number of anilines is 1. The summed E-state index contributed by atoms with van der Waals surface area (Å²) in [5.41, 5.74) is 2.44. The fourth-order valence-corrected chi connectivity index (χ4v) is 3.50. The summed E-state index contributed by atoms with van der Waals surface area (Å²) in [5, 5.41) is 3.46. The van der Waals surface area contributed by atoms with E-state index < -0.39 is 0 Å². The van der Waals surface area contributed by atoms with Crippen molar-refractivity contribution in [2.75, 3.05) is 18.5 Å². The van der Waals surface area contributed by atoms with Crippen molar-refractivity contribution in [3.05, 3.63) is 17.1 Å². The fraction of sp³-hybridized carbons (Fsp3) is 0.750. The van der Waals surface area contributed by atoms with Gasteiger partial charge in [-0.25, -0.2) is 9.97 Å². The van der Waals surface area contributed by atoms with Gasteiger partial charge in [-0.05, 0) is 18.8 Å². The van der Waals surface area contributed by atoms with Gasteiger partial charge in [-0.2, -0.15) is 11.8 Å². The SMILES string of the molecule is CCCNc1nc(C(OCC)C(C)(C)C)nc2c1CSC2. The molecule has 1 aromatic rings. The Balaban J connectivity index is 2.38. The normalized spacial score (nSPS) is 15.9. The Kier molecular flexibility index (Phi) is 5.49. The molecule has 0 aliphatic carbocycles. The van der Waals surface area contributed by atoms with Crippen LogP contribution in [0.3, 0.4) is 0 Å². The van der Waals surface area contributed by atoms with E-state index in [9.17, 15) is 0 Å². The molecule has 4 nitrogen and oxygen atoms in total. The lowest BCUT2D eigenvalue weighted by Crippen LogP contribution is -2.25. The summed E-state index contributed by atoms with van der Waals surface area (Å²) < 4.78 is 5.95. The first kappa shape index (κ1) is 16.6. The molecule has 0 aromatic carbocycles. The lowest BCUT2D eigenvalue weighted by atomic mass is 9.88. The zero-order valence-electron chi connectivity index (χ0n) is 13.8. The van der Waals surface area contributed by atoms with Crippen LogP contribution in [-0.4, -0.2) is 23.1 Å². The van der Waals surface area contributed by atoms with E-state index in [0.717, 1.165) is 36.1 Å². The lowest BCUT2D eigenvalue weighted by Gasteiger charge is -2.29. The average Bonchev–Trinajstić information content (AvgIpc) is 2.89. The van der Waals surface area contributed by atoms with Crippen molar-refractivity contribution in [1.82, 2.24) is 9.97 Å². The quantitative estimate of drug-likeness (QED) is 0.854. The molecule has 118 valence electrons. The van der Waals surface area contributed by atoms with Gasteiger partial charge in [-0.3, -0.25) is 0 Å². The van der Waals surface area contributed by atoms with Gasteiger partial charge in [-0.1, -0.05) is 27.7 Å². The van der Waals surface area contributed by atoms with Crippen LogP contribution in [-0.2, 0) is 16.2 Å². The molecule has 0 radical (unpaired) electrons. The van der Waals surface area contributed by atoms with E-state index in [1.54, 1.807) is 0 Å². The highest BCUT2D eigenvalue weighted by molar-refractivity contribution is 7.98. The van der Waals surface area contributed by atoms with Crippen molar-refractivity contribution in [2.24, 2.45) is 5.41 Å². The Hall–Kier alpha value is -0.810. The molecule has 1 unspecified atom stereocenters. The molecule has 2 rings (SSSR count). The van der Waals surface area contributed by atoms with Gasteiger partial charge < -0.3 is 10.1 Å². The first-order chi connectivity index (χ1) is 9.97. The highest BCUT2D eigenvalue weighted by Gasteiger charge is 2.31. The van der Waals surface area contributed by atoms with E-state index in [4.69, 9.17) is 14.7 Å². The average molecular weight is 309 g/mol. The second-order valence-electron chi connectivity index (χ2n) is 6.48. The molecular formula is C16H27N3OS. The monoisotopic (exact) mass is 309 g/mol. The third-order valence-electron chi connectivity index (χ3n) is 3.49. The molecule has 0 bridgehead atoms. The number of hydrogen-bond donors (Lipinski definition) is 1. The Labute approximate surface area is 132 Å². The van der Waals surface area contributed by atoms with Crippen molar-refractivity contribution >= 4 is 17.6 Å². The summed E-state index contributed by atoms with van der Waals surface area (Å²) in [5.74, 6) is 3.82. The maximum Gasteiger partial charge on any atom is 0.160 e. The first-order valence-electron chi connectivity index (χ1n) is 7.80. The molecule has 0 spiro atoms. The van der Waals surface area contributed by atoms with Gasteiger partial charge in [0.25, 0.3) is 0 Å². The van der Waals surface area contributed by atoms with Crippen LogP contribution < -0.4 is 5.32 Å². The molecule has 1 aliphatic rings. The van der Waals surface area contributed by atoms with Crippen LogP contribution in [0.4, 0.5) is 5.82 Å². The van der Waals surface area contributed by atoms with Crippen molar-refractivity contribution < 1.29 is 4.74 Å². The maximum atomic E-state index is 5.95. The second-order valence-corrected chi connectivity index (χ2v) is 7.46. The summed E-state index contributed by atoms with van der Waals surface area (Å²) in [6.45, 7) is 12.4. The van der Waals surface area contributed by atoms with Crippen LogP contribution in [0.15, 0.2) is 0 Å². The minimum Gasteiger partial charge on any atom is -0.370 e. The number of thioether (sulfide) groups is 1. The van der Waals surface area contributed by atoms with Crippen LogP contribution in [0.5, 0.6) is 0 Å². The molecule has 21 heavy (non-hydrogen) atoms. The number of hydrogen-bond acceptors (Lipinski definition) is 5.